The molecule has 0 aliphatic heterocycles. The van der Waals surface area contributed by atoms with Gasteiger partial charge in [-0.25, -0.2) is 0 Å². The standard InChI is InChI=1S/C6H6Cl2/c7-5-3-1-2-4-6(5)8/h1-6H/i1D,2D,3D,4D,5D. The van der Waals surface area contributed by atoms with Crippen molar-refractivity contribution in [2.24, 2.45) is 0 Å². The zero-order valence-corrected chi connectivity index (χ0v) is 5.35. The van der Waals surface area contributed by atoms with E-state index in [0.717, 1.165) is 0 Å². The fourth-order valence-electron chi connectivity index (χ4n) is 0.317. The van der Waals surface area contributed by atoms with Crippen LogP contribution in [0.2, 0.25) is 0 Å². The van der Waals surface area contributed by atoms with Crippen molar-refractivity contribution in [2.45, 2.75) is 10.7 Å². The summed E-state index contributed by atoms with van der Waals surface area (Å²) in [5.41, 5.74) is 0. The Morgan fingerprint density at radius 3 is 2.75 bits per heavy atom. The summed E-state index contributed by atoms with van der Waals surface area (Å²) in [7, 11) is 0. The lowest BCUT2D eigenvalue weighted by atomic mass is 10.2. The van der Waals surface area contributed by atoms with Crippen molar-refractivity contribution in [1.29, 1.82) is 0 Å². The van der Waals surface area contributed by atoms with Gasteiger partial charge in [-0.3, -0.25) is 0 Å². The third-order valence-electron chi connectivity index (χ3n) is 0.666. The fourth-order valence-corrected chi connectivity index (χ4v) is 0.528. The first-order valence-corrected chi connectivity index (χ1v) is 2.80. The zero-order chi connectivity index (χ0) is 10.4. The molecule has 0 fully saturated rings. The monoisotopic (exact) mass is 153 g/mol. The molecule has 0 saturated carbocycles. The summed E-state index contributed by atoms with van der Waals surface area (Å²) in [5, 5.41) is -3.25. The Bertz CT molecular complexity index is 306. The minimum absolute atomic E-state index is 0.382. The second kappa shape index (κ2) is 2.56. The van der Waals surface area contributed by atoms with Crippen molar-refractivity contribution in [3.63, 3.8) is 0 Å². The molecular formula is C6H6Cl2. The van der Waals surface area contributed by atoms with Crippen LogP contribution >= 0.6 is 23.2 Å². The Balaban J connectivity index is 3.32. The van der Waals surface area contributed by atoms with E-state index in [0.29, 0.717) is 0 Å². The molecule has 0 amide bonds. The third-order valence-corrected chi connectivity index (χ3v) is 1.42. The second-order valence-electron chi connectivity index (χ2n) is 1.23. The molecular weight excluding hydrogens is 143 g/mol. The lowest BCUT2D eigenvalue weighted by Crippen LogP contribution is -2.10. The van der Waals surface area contributed by atoms with Crippen LogP contribution in [0, 0.1) is 0 Å². The summed E-state index contributed by atoms with van der Waals surface area (Å²) in [6.07, 6.45) is 0. The van der Waals surface area contributed by atoms with Crippen LogP contribution in [0.15, 0.2) is 24.2 Å². The molecule has 8 heavy (non-hydrogen) atoms. The van der Waals surface area contributed by atoms with Gasteiger partial charge in [-0.15, -0.1) is 23.2 Å². The molecule has 1 rings (SSSR count). The summed E-state index contributed by atoms with van der Waals surface area (Å²) in [5.74, 6) is 0. The summed E-state index contributed by atoms with van der Waals surface area (Å²) in [4.78, 5) is 0. The van der Waals surface area contributed by atoms with E-state index in [-0.39, 0.29) is 6.05 Å². The summed E-state index contributed by atoms with van der Waals surface area (Å²) >= 11 is 11.2. The van der Waals surface area contributed by atoms with Crippen LogP contribution in [-0.2, 0) is 0 Å². The fraction of sp³-hybridized carbons (Fsp3) is 0.333. The number of hydrogen-bond donors (Lipinski definition) is 0. The highest BCUT2D eigenvalue weighted by atomic mass is 35.5. The van der Waals surface area contributed by atoms with Gasteiger partial charge in [-0.2, -0.15) is 0 Å². The van der Waals surface area contributed by atoms with Gasteiger partial charge >= 0.3 is 0 Å². The maximum atomic E-state index is 7.42. The van der Waals surface area contributed by atoms with Gasteiger partial charge in [0.05, 0.1) is 17.6 Å². The minimum Gasteiger partial charge on any atom is -0.116 e. The maximum absolute atomic E-state index is 7.42. The quantitative estimate of drug-likeness (QED) is 0.469. The normalized spacial score (nSPS) is 58.8. The largest absolute Gasteiger partial charge is 0.116 e. The average Bonchev–Trinajstić information content (AvgIpc) is 2.09. The Kier molecular flexibility index (Phi) is 0.754. The van der Waals surface area contributed by atoms with Gasteiger partial charge in [0.15, 0.2) is 0 Å². The Hall–Kier alpha value is 0.0600. The van der Waals surface area contributed by atoms with E-state index in [1.165, 1.54) is 0 Å². The Morgan fingerprint density at radius 1 is 1.38 bits per heavy atom. The Labute approximate surface area is 65.8 Å². The number of hydrogen-bond acceptors (Lipinski definition) is 0. The molecule has 1 aliphatic carbocycles. The van der Waals surface area contributed by atoms with Gasteiger partial charge in [0, 0.05) is 0 Å². The zero-order valence-electron chi connectivity index (χ0n) is 8.83. The molecule has 0 N–H and O–H groups in total. The molecule has 0 radical (unpaired) electrons. The van der Waals surface area contributed by atoms with Crippen LogP contribution in [0.1, 0.15) is 6.85 Å². The van der Waals surface area contributed by atoms with Crippen LogP contribution in [0.25, 0.3) is 0 Å². The summed E-state index contributed by atoms with van der Waals surface area (Å²) in [6.45, 7) is 0. The van der Waals surface area contributed by atoms with Gasteiger partial charge in [0.2, 0.25) is 0 Å². The van der Waals surface area contributed by atoms with E-state index in [2.05, 4.69) is 0 Å². The molecule has 2 heteroatoms. The highest BCUT2D eigenvalue weighted by Crippen LogP contribution is 2.15. The van der Waals surface area contributed by atoms with Crippen LogP contribution in [0.5, 0.6) is 0 Å². The molecule has 44 valence electrons. The maximum Gasteiger partial charge on any atom is 0.0718 e. The van der Waals surface area contributed by atoms with Crippen molar-refractivity contribution in [3.8, 4) is 0 Å². The number of halogens is 2. The van der Waals surface area contributed by atoms with Crippen LogP contribution in [0.3, 0.4) is 0 Å². The number of allylic oxidation sites excluding steroid dienone is 4. The number of rotatable bonds is 0. The first-order chi connectivity index (χ1) is 5.80. The molecule has 1 aliphatic rings. The third kappa shape index (κ3) is 1.27. The molecule has 0 nitrogen and oxygen atoms in total. The molecule has 2 atom stereocenters. The van der Waals surface area contributed by atoms with E-state index >= 15 is 0 Å². The first-order valence-electron chi connectivity index (χ1n) is 4.48. The molecule has 0 aromatic heterocycles. The molecule has 0 aromatic rings. The predicted molar refractivity (Wildman–Crippen MR) is 37.6 cm³/mol. The molecule has 0 spiro atoms. The first kappa shape index (κ1) is 2.36. The minimum atomic E-state index is -2.00. The van der Waals surface area contributed by atoms with Gasteiger partial charge in [0.1, 0.15) is 0 Å². The van der Waals surface area contributed by atoms with Gasteiger partial charge in [-0.1, -0.05) is 24.2 Å². The van der Waals surface area contributed by atoms with Crippen molar-refractivity contribution >= 4 is 23.2 Å². The smallest absolute Gasteiger partial charge is 0.0718 e. The van der Waals surface area contributed by atoms with Crippen LogP contribution in [0.4, 0.5) is 0 Å². The van der Waals surface area contributed by atoms with Gasteiger partial charge in [0.25, 0.3) is 0 Å². The van der Waals surface area contributed by atoms with Crippen molar-refractivity contribution in [2.75, 3.05) is 0 Å². The van der Waals surface area contributed by atoms with Gasteiger partial charge in [-0.05, 0) is 0 Å². The lowest BCUT2D eigenvalue weighted by Gasteiger charge is -2.09. The highest BCUT2D eigenvalue weighted by Gasteiger charge is 2.10. The van der Waals surface area contributed by atoms with Crippen molar-refractivity contribution in [1.82, 2.24) is 0 Å². The summed E-state index contributed by atoms with van der Waals surface area (Å²) in [6, 6.07) is -1.86. The predicted octanol–water partition coefficient (Wildman–Crippen LogP) is 2.33. The van der Waals surface area contributed by atoms with E-state index in [9.17, 15) is 0 Å². The van der Waals surface area contributed by atoms with Crippen molar-refractivity contribution < 1.29 is 6.85 Å². The van der Waals surface area contributed by atoms with E-state index in [1.807, 2.05) is 0 Å². The van der Waals surface area contributed by atoms with E-state index in [4.69, 9.17) is 30.1 Å². The molecule has 0 saturated heterocycles. The SMILES string of the molecule is [2H]C1=C([2H])C(Cl)C([2H])(Cl)C([2H])=C1[2H]. The lowest BCUT2D eigenvalue weighted by molar-refractivity contribution is 1.05. The van der Waals surface area contributed by atoms with E-state index < -0.39 is 28.9 Å². The van der Waals surface area contributed by atoms with Crippen LogP contribution in [-0.4, -0.2) is 10.7 Å². The number of alkyl halides is 2. The highest BCUT2D eigenvalue weighted by molar-refractivity contribution is 6.31. The van der Waals surface area contributed by atoms with Crippen molar-refractivity contribution in [3.05, 3.63) is 24.2 Å². The molecule has 2 unspecified atom stereocenters. The molecule has 0 aromatic carbocycles. The second-order valence-corrected chi connectivity index (χ2v) is 2.07. The average molecular weight is 154 g/mol. The van der Waals surface area contributed by atoms with Gasteiger partial charge < -0.3 is 0 Å². The molecule has 0 bridgehead atoms. The molecule has 0 heterocycles. The topological polar surface area (TPSA) is 0 Å². The van der Waals surface area contributed by atoms with E-state index in [1.54, 1.807) is 0 Å². The van der Waals surface area contributed by atoms with Crippen LogP contribution < -0.4 is 0 Å². The summed E-state index contributed by atoms with van der Waals surface area (Å²) < 4.78 is 36.4. The Morgan fingerprint density at radius 2 is 2.00 bits per heavy atom.